The van der Waals surface area contributed by atoms with Crippen molar-refractivity contribution >= 4 is 15.9 Å². The number of hydrogen-bond donors (Lipinski definition) is 1. The summed E-state index contributed by atoms with van der Waals surface area (Å²) in [6.07, 6.45) is 4.96. The Balaban J connectivity index is 1.68. The minimum Gasteiger partial charge on any atom is -0.493 e. The first kappa shape index (κ1) is 17.1. The molecule has 7 heteroatoms. The van der Waals surface area contributed by atoms with Crippen molar-refractivity contribution in [3.8, 4) is 11.5 Å². The van der Waals surface area contributed by atoms with Crippen LogP contribution in [-0.2, 0) is 14.8 Å². The highest BCUT2D eigenvalue weighted by Gasteiger charge is 2.40. The molecule has 1 aromatic carbocycles. The molecule has 6 nitrogen and oxygen atoms in total. The van der Waals surface area contributed by atoms with Crippen LogP contribution in [0.2, 0.25) is 0 Å². The number of carbonyl (C=O) groups excluding carboxylic acids is 1. The number of sulfonamides is 1. The Morgan fingerprint density at radius 2 is 1.92 bits per heavy atom. The van der Waals surface area contributed by atoms with Crippen LogP contribution in [-0.4, -0.2) is 28.5 Å². The summed E-state index contributed by atoms with van der Waals surface area (Å²) in [5.41, 5.74) is 0. The van der Waals surface area contributed by atoms with Crippen LogP contribution in [0.1, 0.15) is 32.1 Å². The quantitative estimate of drug-likeness (QED) is 0.849. The zero-order valence-electron chi connectivity index (χ0n) is 13.9. The van der Waals surface area contributed by atoms with Crippen molar-refractivity contribution in [2.24, 2.45) is 17.8 Å². The van der Waals surface area contributed by atoms with Crippen LogP contribution in [0.4, 0.5) is 0 Å². The highest BCUT2D eigenvalue weighted by atomic mass is 32.2. The number of nitrogens with one attached hydrogen (secondary N) is 1. The van der Waals surface area contributed by atoms with Crippen molar-refractivity contribution < 1.29 is 22.7 Å². The van der Waals surface area contributed by atoms with Crippen molar-refractivity contribution in [3.63, 3.8) is 0 Å². The lowest BCUT2D eigenvalue weighted by Crippen LogP contribution is -2.32. The van der Waals surface area contributed by atoms with Gasteiger partial charge in [0.15, 0.2) is 11.5 Å². The Hall–Kier alpha value is -1.76. The molecule has 0 saturated heterocycles. The first-order chi connectivity index (χ1) is 11.4. The number of methoxy groups -OCH3 is 2. The van der Waals surface area contributed by atoms with Crippen LogP contribution in [0.5, 0.6) is 11.5 Å². The Kier molecular flexibility index (Phi) is 4.71. The number of hydrogen-bond acceptors (Lipinski definition) is 5. The van der Waals surface area contributed by atoms with Gasteiger partial charge in [-0.05, 0) is 49.1 Å². The van der Waals surface area contributed by atoms with Gasteiger partial charge in [0.05, 0.1) is 19.1 Å². The fourth-order valence-electron chi connectivity index (χ4n) is 4.10. The zero-order valence-corrected chi connectivity index (χ0v) is 14.8. The van der Waals surface area contributed by atoms with Crippen LogP contribution in [0.3, 0.4) is 0 Å². The molecular formula is C17H23NO5S. The first-order valence-electron chi connectivity index (χ1n) is 8.20. The highest BCUT2D eigenvalue weighted by Crippen LogP contribution is 2.49. The molecule has 2 aliphatic rings. The molecule has 132 valence electrons. The van der Waals surface area contributed by atoms with Gasteiger partial charge in [-0.2, -0.15) is 0 Å². The molecule has 2 aliphatic carbocycles. The van der Waals surface area contributed by atoms with E-state index in [1.807, 2.05) is 0 Å². The van der Waals surface area contributed by atoms with Gasteiger partial charge < -0.3 is 9.47 Å². The summed E-state index contributed by atoms with van der Waals surface area (Å²) in [5.74, 6) is 1.96. The van der Waals surface area contributed by atoms with Gasteiger partial charge in [0.25, 0.3) is 10.0 Å². The highest BCUT2D eigenvalue weighted by molar-refractivity contribution is 7.90. The van der Waals surface area contributed by atoms with Gasteiger partial charge >= 0.3 is 0 Å². The molecule has 0 heterocycles. The number of amides is 1. The van der Waals surface area contributed by atoms with Crippen LogP contribution in [0, 0.1) is 17.8 Å². The lowest BCUT2D eigenvalue weighted by Gasteiger charge is -2.20. The van der Waals surface area contributed by atoms with Gasteiger partial charge in [-0.3, -0.25) is 4.79 Å². The molecule has 0 radical (unpaired) electrons. The van der Waals surface area contributed by atoms with Crippen molar-refractivity contribution in [3.05, 3.63) is 18.2 Å². The summed E-state index contributed by atoms with van der Waals surface area (Å²) in [6.45, 7) is 0. The number of ether oxygens (including phenoxy) is 2. The Morgan fingerprint density at radius 1 is 1.17 bits per heavy atom. The molecular weight excluding hydrogens is 330 g/mol. The Morgan fingerprint density at radius 3 is 2.50 bits per heavy atom. The summed E-state index contributed by atoms with van der Waals surface area (Å²) in [7, 11) is -0.999. The third-order valence-electron chi connectivity index (χ3n) is 5.25. The first-order valence-corrected chi connectivity index (χ1v) is 9.69. The van der Waals surface area contributed by atoms with Crippen molar-refractivity contribution in [2.45, 2.75) is 37.0 Å². The van der Waals surface area contributed by atoms with Gasteiger partial charge in [0.2, 0.25) is 5.91 Å². The van der Waals surface area contributed by atoms with E-state index in [9.17, 15) is 13.2 Å². The van der Waals surface area contributed by atoms with Crippen molar-refractivity contribution in [2.75, 3.05) is 14.2 Å². The standard InChI is InChI=1S/C17H23NO5S/c1-22-15-6-5-14(10-16(15)23-2)24(20,21)18-17(19)9-13-8-11-3-4-12(13)7-11/h5-6,10-13H,3-4,7-9H2,1-2H3,(H,18,19)/t11-,12-,13-/m0/s1. The normalized spacial score (nSPS) is 25.5. The third-order valence-corrected chi connectivity index (χ3v) is 6.62. The molecule has 1 amide bonds. The maximum atomic E-state index is 12.4. The van der Waals surface area contributed by atoms with E-state index in [0.29, 0.717) is 23.3 Å². The van der Waals surface area contributed by atoms with Crippen molar-refractivity contribution in [1.29, 1.82) is 0 Å². The zero-order chi connectivity index (χ0) is 17.3. The molecule has 2 bridgehead atoms. The van der Waals surface area contributed by atoms with E-state index in [1.165, 1.54) is 51.7 Å². The maximum absolute atomic E-state index is 12.4. The fourth-order valence-corrected chi connectivity index (χ4v) is 5.11. The second-order valence-corrected chi connectivity index (χ2v) is 8.37. The van der Waals surface area contributed by atoms with Crippen LogP contribution in [0.15, 0.2) is 23.1 Å². The largest absolute Gasteiger partial charge is 0.493 e. The summed E-state index contributed by atoms with van der Waals surface area (Å²) in [4.78, 5) is 12.2. The molecule has 24 heavy (non-hydrogen) atoms. The molecule has 2 fully saturated rings. The molecule has 0 aliphatic heterocycles. The summed E-state index contributed by atoms with van der Waals surface area (Å²) < 4.78 is 37.2. The predicted molar refractivity (Wildman–Crippen MR) is 88.4 cm³/mol. The second-order valence-electron chi connectivity index (χ2n) is 6.68. The minimum atomic E-state index is -3.91. The predicted octanol–water partition coefficient (Wildman–Crippen LogP) is 2.33. The summed E-state index contributed by atoms with van der Waals surface area (Å²) in [6, 6.07) is 4.26. The van der Waals surface area contributed by atoms with Gasteiger partial charge in [0.1, 0.15) is 0 Å². The molecule has 0 spiro atoms. The number of benzene rings is 1. The maximum Gasteiger partial charge on any atom is 0.264 e. The number of rotatable bonds is 6. The summed E-state index contributed by atoms with van der Waals surface area (Å²) >= 11 is 0. The molecule has 3 atom stereocenters. The summed E-state index contributed by atoms with van der Waals surface area (Å²) in [5, 5.41) is 0. The van der Waals surface area contributed by atoms with Gasteiger partial charge in [-0.1, -0.05) is 6.42 Å². The van der Waals surface area contributed by atoms with Crippen molar-refractivity contribution in [1.82, 2.24) is 4.72 Å². The third kappa shape index (κ3) is 3.36. The average molecular weight is 353 g/mol. The van der Waals surface area contributed by atoms with Gasteiger partial charge in [-0.25, -0.2) is 13.1 Å². The number of fused-ring (bicyclic) bond motifs is 2. The van der Waals surface area contributed by atoms with E-state index in [-0.39, 0.29) is 11.3 Å². The smallest absolute Gasteiger partial charge is 0.264 e. The molecule has 1 aromatic rings. The minimum absolute atomic E-state index is 0.0126. The monoisotopic (exact) mass is 353 g/mol. The molecule has 0 unspecified atom stereocenters. The van der Waals surface area contributed by atoms with E-state index < -0.39 is 15.9 Å². The number of carbonyl (C=O) groups is 1. The lowest BCUT2D eigenvalue weighted by atomic mass is 9.86. The fraction of sp³-hybridized carbons (Fsp3) is 0.588. The van der Waals surface area contributed by atoms with Crippen LogP contribution >= 0.6 is 0 Å². The molecule has 1 N–H and O–H groups in total. The Labute approximate surface area is 142 Å². The van der Waals surface area contributed by atoms with E-state index in [2.05, 4.69) is 4.72 Å². The van der Waals surface area contributed by atoms with Crippen LogP contribution < -0.4 is 14.2 Å². The topological polar surface area (TPSA) is 81.7 Å². The average Bonchev–Trinajstić information content (AvgIpc) is 3.16. The Bertz CT molecular complexity index is 730. The lowest BCUT2D eigenvalue weighted by molar-refractivity contribution is -0.120. The van der Waals surface area contributed by atoms with Gasteiger partial charge in [-0.15, -0.1) is 0 Å². The van der Waals surface area contributed by atoms with E-state index in [1.54, 1.807) is 0 Å². The van der Waals surface area contributed by atoms with E-state index in [0.717, 1.165) is 12.3 Å². The van der Waals surface area contributed by atoms with Gasteiger partial charge in [0, 0.05) is 12.5 Å². The second kappa shape index (κ2) is 6.63. The SMILES string of the molecule is COc1ccc(S(=O)(=O)NC(=O)C[C@@H]2C[C@H]3CC[C@H]2C3)cc1OC. The molecule has 3 rings (SSSR count). The van der Waals surface area contributed by atoms with Crippen LogP contribution in [0.25, 0.3) is 0 Å². The molecule has 2 saturated carbocycles. The molecule has 0 aromatic heterocycles. The van der Waals surface area contributed by atoms with E-state index >= 15 is 0 Å². The van der Waals surface area contributed by atoms with E-state index in [4.69, 9.17) is 9.47 Å².